The van der Waals surface area contributed by atoms with E-state index >= 15 is 0 Å². The van der Waals surface area contributed by atoms with Gasteiger partial charge in [0, 0.05) is 6.04 Å². The maximum Gasteiger partial charge on any atom is 0.126 e. The van der Waals surface area contributed by atoms with Gasteiger partial charge in [-0.1, -0.05) is 12.1 Å². The quantitative estimate of drug-likeness (QED) is 0.744. The molecule has 2 nitrogen and oxygen atoms in total. The van der Waals surface area contributed by atoms with Gasteiger partial charge in [0.15, 0.2) is 0 Å². The van der Waals surface area contributed by atoms with Crippen LogP contribution in [0.3, 0.4) is 0 Å². The predicted molar refractivity (Wildman–Crippen MR) is 51.7 cm³/mol. The Hall–Kier alpha value is -0.930. The van der Waals surface area contributed by atoms with Gasteiger partial charge < -0.3 is 11.5 Å². The molecule has 0 aliphatic heterocycles. The zero-order valence-corrected chi connectivity index (χ0v) is 7.76. The van der Waals surface area contributed by atoms with Gasteiger partial charge in [0.1, 0.15) is 5.82 Å². The van der Waals surface area contributed by atoms with E-state index < -0.39 is 0 Å². The van der Waals surface area contributed by atoms with E-state index in [4.69, 9.17) is 11.5 Å². The summed E-state index contributed by atoms with van der Waals surface area (Å²) in [5, 5.41) is 0. The third-order valence-electron chi connectivity index (χ3n) is 2.09. The summed E-state index contributed by atoms with van der Waals surface area (Å²) in [6, 6.07) is 4.85. The summed E-state index contributed by atoms with van der Waals surface area (Å²) in [7, 11) is 0. The molecule has 1 aromatic rings. The van der Waals surface area contributed by atoms with Crippen molar-refractivity contribution < 1.29 is 4.39 Å². The minimum Gasteiger partial charge on any atom is -0.330 e. The first-order valence-electron chi connectivity index (χ1n) is 4.37. The van der Waals surface area contributed by atoms with E-state index in [1.807, 2.05) is 0 Å². The molecule has 0 aliphatic carbocycles. The minimum atomic E-state index is -0.191. The Morgan fingerprint density at radius 3 is 2.69 bits per heavy atom. The topological polar surface area (TPSA) is 52.0 Å². The molecule has 0 spiro atoms. The number of nitrogens with two attached hydrogens (primary N) is 2. The smallest absolute Gasteiger partial charge is 0.126 e. The van der Waals surface area contributed by atoms with Gasteiger partial charge in [-0.25, -0.2) is 4.39 Å². The monoisotopic (exact) mass is 182 g/mol. The van der Waals surface area contributed by atoms with Gasteiger partial charge in [-0.3, -0.25) is 0 Å². The van der Waals surface area contributed by atoms with Crippen LogP contribution in [0.1, 0.15) is 23.6 Å². The van der Waals surface area contributed by atoms with Crippen molar-refractivity contribution in [2.24, 2.45) is 11.5 Å². The highest BCUT2D eigenvalue weighted by Crippen LogP contribution is 2.16. The van der Waals surface area contributed by atoms with Crippen molar-refractivity contribution in [2.45, 2.75) is 19.4 Å². The second kappa shape index (κ2) is 4.35. The van der Waals surface area contributed by atoms with Crippen LogP contribution in [0.15, 0.2) is 18.2 Å². The highest BCUT2D eigenvalue weighted by atomic mass is 19.1. The van der Waals surface area contributed by atoms with Crippen molar-refractivity contribution in [3.05, 3.63) is 35.1 Å². The summed E-state index contributed by atoms with van der Waals surface area (Å²) in [4.78, 5) is 0. The van der Waals surface area contributed by atoms with E-state index in [-0.39, 0.29) is 11.9 Å². The van der Waals surface area contributed by atoms with Crippen LogP contribution in [0, 0.1) is 12.7 Å². The summed E-state index contributed by atoms with van der Waals surface area (Å²) in [6.45, 7) is 2.28. The lowest BCUT2D eigenvalue weighted by atomic mass is 10.0. The number of halogens is 1. The number of hydrogen-bond donors (Lipinski definition) is 2. The molecule has 0 aromatic heterocycles. The van der Waals surface area contributed by atoms with Gasteiger partial charge in [-0.05, 0) is 37.1 Å². The molecule has 13 heavy (non-hydrogen) atoms. The summed E-state index contributed by atoms with van der Waals surface area (Å²) in [5.74, 6) is -0.191. The fourth-order valence-corrected chi connectivity index (χ4v) is 1.24. The molecule has 0 saturated heterocycles. The fourth-order valence-electron chi connectivity index (χ4n) is 1.24. The molecule has 0 heterocycles. The van der Waals surface area contributed by atoms with Gasteiger partial charge in [0.2, 0.25) is 0 Å². The molecule has 3 heteroatoms. The molecule has 1 aromatic carbocycles. The maximum atomic E-state index is 12.9. The lowest BCUT2D eigenvalue weighted by molar-refractivity contribution is 0.611. The average Bonchev–Trinajstić information content (AvgIpc) is 2.10. The molecule has 1 atom stereocenters. The lowest BCUT2D eigenvalue weighted by Crippen LogP contribution is -2.15. The standard InChI is InChI=1S/C10H15FN2/c1-7-6-8(2-3-9(7)11)10(13)4-5-12/h2-3,6,10H,4-5,12-13H2,1H3. The van der Waals surface area contributed by atoms with Gasteiger partial charge in [-0.15, -0.1) is 0 Å². The van der Waals surface area contributed by atoms with Crippen molar-refractivity contribution in [1.82, 2.24) is 0 Å². The summed E-state index contributed by atoms with van der Waals surface area (Å²) >= 11 is 0. The average molecular weight is 182 g/mol. The first-order chi connectivity index (χ1) is 6.15. The molecule has 72 valence electrons. The van der Waals surface area contributed by atoms with E-state index in [0.29, 0.717) is 12.1 Å². The van der Waals surface area contributed by atoms with E-state index in [0.717, 1.165) is 12.0 Å². The second-order valence-electron chi connectivity index (χ2n) is 3.19. The van der Waals surface area contributed by atoms with Crippen LogP contribution in [0.5, 0.6) is 0 Å². The van der Waals surface area contributed by atoms with Crippen LogP contribution in [0.25, 0.3) is 0 Å². The Morgan fingerprint density at radius 1 is 1.46 bits per heavy atom. The largest absolute Gasteiger partial charge is 0.330 e. The minimum absolute atomic E-state index is 0.0794. The maximum absolute atomic E-state index is 12.9. The van der Waals surface area contributed by atoms with Crippen molar-refractivity contribution in [1.29, 1.82) is 0 Å². The number of hydrogen-bond acceptors (Lipinski definition) is 2. The summed E-state index contributed by atoms with van der Waals surface area (Å²) in [6.07, 6.45) is 0.727. The number of benzene rings is 1. The molecule has 0 bridgehead atoms. The molecule has 0 fully saturated rings. The van der Waals surface area contributed by atoms with E-state index in [2.05, 4.69) is 0 Å². The van der Waals surface area contributed by atoms with Crippen molar-refractivity contribution in [2.75, 3.05) is 6.54 Å². The molecule has 1 unspecified atom stereocenters. The molecule has 4 N–H and O–H groups in total. The molecule has 0 radical (unpaired) electrons. The SMILES string of the molecule is Cc1cc(C(N)CCN)ccc1F. The second-order valence-corrected chi connectivity index (χ2v) is 3.19. The zero-order chi connectivity index (χ0) is 9.84. The molecule has 0 aliphatic rings. The molecule has 0 amide bonds. The Labute approximate surface area is 77.7 Å². The fraction of sp³-hybridized carbons (Fsp3) is 0.400. The Kier molecular flexibility index (Phi) is 3.39. The van der Waals surface area contributed by atoms with Crippen molar-refractivity contribution in [3.8, 4) is 0 Å². The molecule has 1 rings (SSSR count). The normalized spacial score (nSPS) is 12.9. The third-order valence-corrected chi connectivity index (χ3v) is 2.09. The van der Waals surface area contributed by atoms with Crippen LogP contribution in [0.2, 0.25) is 0 Å². The highest BCUT2D eigenvalue weighted by Gasteiger charge is 2.06. The molecular formula is C10H15FN2. The van der Waals surface area contributed by atoms with Crippen molar-refractivity contribution in [3.63, 3.8) is 0 Å². The predicted octanol–water partition coefficient (Wildman–Crippen LogP) is 1.48. The van der Waals surface area contributed by atoms with Crippen LogP contribution >= 0.6 is 0 Å². The number of aryl methyl sites for hydroxylation is 1. The molecular weight excluding hydrogens is 167 g/mol. The van der Waals surface area contributed by atoms with E-state index in [1.165, 1.54) is 6.07 Å². The Bertz CT molecular complexity index is 286. The van der Waals surface area contributed by atoms with Gasteiger partial charge in [-0.2, -0.15) is 0 Å². The van der Waals surface area contributed by atoms with Crippen LogP contribution in [-0.4, -0.2) is 6.54 Å². The highest BCUT2D eigenvalue weighted by molar-refractivity contribution is 5.26. The lowest BCUT2D eigenvalue weighted by Gasteiger charge is -2.11. The van der Waals surface area contributed by atoms with E-state index in [9.17, 15) is 4.39 Å². The van der Waals surface area contributed by atoms with Gasteiger partial charge >= 0.3 is 0 Å². The van der Waals surface area contributed by atoms with Crippen molar-refractivity contribution >= 4 is 0 Å². The van der Waals surface area contributed by atoms with Gasteiger partial charge in [0.25, 0.3) is 0 Å². The Morgan fingerprint density at radius 2 is 2.15 bits per heavy atom. The summed E-state index contributed by atoms with van der Waals surface area (Å²) in [5.41, 5.74) is 12.8. The zero-order valence-electron chi connectivity index (χ0n) is 7.76. The molecule has 0 saturated carbocycles. The van der Waals surface area contributed by atoms with Crippen LogP contribution in [-0.2, 0) is 0 Å². The van der Waals surface area contributed by atoms with Crippen LogP contribution in [0.4, 0.5) is 4.39 Å². The first-order valence-corrected chi connectivity index (χ1v) is 4.37. The third kappa shape index (κ3) is 2.50. The van der Waals surface area contributed by atoms with Gasteiger partial charge in [0.05, 0.1) is 0 Å². The number of rotatable bonds is 3. The van der Waals surface area contributed by atoms with E-state index in [1.54, 1.807) is 19.1 Å². The first kappa shape index (κ1) is 10.2. The van der Waals surface area contributed by atoms with Crippen LogP contribution < -0.4 is 11.5 Å². The summed E-state index contributed by atoms with van der Waals surface area (Å²) < 4.78 is 12.9. The Balaban J connectivity index is 2.84.